The first-order valence-corrected chi connectivity index (χ1v) is 43.3. The lowest BCUT2D eigenvalue weighted by Gasteiger charge is -2.21. The molecule has 0 aromatic carbocycles. The zero-order valence-corrected chi connectivity index (χ0v) is 65.3. The third-order valence-electron chi connectivity index (χ3n) is 18.1. The summed E-state index contributed by atoms with van der Waals surface area (Å²) < 4.78 is 68.6. The first-order chi connectivity index (χ1) is 46.7. The molecule has 0 fully saturated rings. The monoisotopic (exact) mass is 1420 g/mol. The first kappa shape index (κ1) is 95.1. The molecule has 2 unspecified atom stereocenters. The van der Waals surface area contributed by atoms with Crippen molar-refractivity contribution >= 4 is 39.5 Å². The van der Waals surface area contributed by atoms with E-state index < -0.39 is 97.5 Å². The van der Waals surface area contributed by atoms with Gasteiger partial charge in [-0.2, -0.15) is 0 Å². The third-order valence-corrected chi connectivity index (χ3v) is 20.0. The van der Waals surface area contributed by atoms with Crippen LogP contribution in [0.1, 0.15) is 402 Å². The van der Waals surface area contributed by atoms with Crippen molar-refractivity contribution in [2.24, 2.45) is 17.8 Å². The highest BCUT2D eigenvalue weighted by Crippen LogP contribution is 2.45. The predicted molar refractivity (Wildman–Crippen MR) is 395 cm³/mol. The topological polar surface area (TPSA) is 237 Å². The Morgan fingerprint density at radius 3 is 0.701 bits per heavy atom. The molecule has 576 valence electrons. The minimum atomic E-state index is -4.96. The third kappa shape index (κ3) is 72.2. The van der Waals surface area contributed by atoms with Gasteiger partial charge in [0.2, 0.25) is 0 Å². The Labute approximate surface area is 594 Å². The molecule has 97 heavy (non-hydrogen) atoms. The fourth-order valence-electron chi connectivity index (χ4n) is 12.0. The first-order valence-electron chi connectivity index (χ1n) is 40.3. The van der Waals surface area contributed by atoms with Crippen LogP contribution in [0.3, 0.4) is 0 Å². The van der Waals surface area contributed by atoms with Crippen molar-refractivity contribution in [2.45, 2.75) is 420 Å². The molecule has 0 aromatic rings. The van der Waals surface area contributed by atoms with Crippen molar-refractivity contribution in [3.8, 4) is 0 Å². The second-order valence-electron chi connectivity index (χ2n) is 29.5. The summed E-state index contributed by atoms with van der Waals surface area (Å²) in [5.74, 6) is 0.148. The fourth-order valence-corrected chi connectivity index (χ4v) is 13.5. The Bertz CT molecular complexity index is 1890. The molecule has 0 saturated carbocycles. The zero-order chi connectivity index (χ0) is 71.6. The highest BCUT2D eigenvalue weighted by atomic mass is 31.2. The Hall–Kier alpha value is -1.94. The van der Waals surface area contributed by atoms with Crippen LogP contribution in [0.25, 0.3) is 0 Å². The van der Waals surface area contributed by atoms with Gasteiger partial charge < -0.3 is 33.8 Å². The van der Waals surface area contributed by atoms with Gasteiger partial charge in [0.05, 0.1) is 26.4 Å². The molecule has 0 saturated heterocycles. The second-order valence-corrected chi connectivity index (χ2v) is 32.4. The normalized spacial score (nSPS) is 14.0. The quantitative estimate of drug-likeness (QED) is 0.0222. The standard InChI is InChI=1S/C78H152O17P2/c1-8-9-10-11-12-13-14-15-16-17-18-19-20-25-31-40-47-54-61-77(82)94-73(65-88-75(80)59-52-45-38-30-26-21-23-28-35-42-49-56-69(2)3)67-92-96(84,85)90-63-72(79)64-91-97(86,87)93-68-74(66-89-76(81)60-53-46-39-34-33-37-44-51-58-71(6)7)95-78(83)62-55-48-41-32-27-22-24-29-36-43-50-57-70(4)5/h69-74,79H,8-68H2,1-7H3,(H,84,85)(H,86,87)/t72-,73-,74-/m1/s1. The molecule has 0 spiro atoms. The van der Waals surface area contributed by atoms with Gasteiger partial charge in [-0.3, -0.25) is 37.3 Å². The summed E-state index contributed by atoms with van der Waals surface area (Å²) in [4.78, 5) is 72.9. The summed E-state index contributed by atoms with van der Waals surface area (Å²) >= 11 is 0. The van der Waals surface area contributed by atoms with Crippen molar-refractivity contribution in [3.63, 3.8) is 0 Å². The average Bonchev–Trinajstić information content (AvgIpc) is 1.14. The largest absolute Gasteiger partial charge is 0.472 e. The summed E-state index contributed by atoms with van der Waals surface area (Å²) in [7, 11) is -9.92. The SMILES string of the molecule is CCCCCCCCCCCCCCCCCCCCC(=O)O[C@H](COC(=O)CCCCCCCCCCCCCC(C)C)COP(=O)(O)OC[C@@H](O)COP(=O)(O)OC[C@@H](COC(=O)CCCCCCCCCCC(C)C)OC(=O)CCCCCCCCCCCCCC(C)C. The molecular formula is C78H152O17P2. The van der Waals surface area contributed by atoms with E-state index in [1.165, 1.54) is 212 Å². The van der Waals surface area contributed by atoms with Gasteiger partial charge in [0.15, 0.2) is 12.2 Å². The molecular weight excluding hydrogens is 1270 g/mol. The molecule has 0 amide bonds. The van der Waals surface area contributed by atoms with Gasteiger partial charge in [0, 0.05) is 25.7 Å². The number of aliphatic hydroxyl groups is 1. The van der Waals surface area contributed by atoms with Crippen LogP contribution in [0.5, 0.6) is 0 Å². The molecule has 19 heteroatoms. The van der Waals surface area contributed by atoms with Crippen LogP contribution in [0.2, 0.25) is 0 Å². The van der Waals surface area contributed by atoms with Gasteiger partial charge in [-0.25, -0.2) is 9.13 Å². The number of rotatable bonds is 76. The Morgan fingerprint density at radius 1 is 0.278 bits per heavy atom. The van der Waals surface area contributed by atoms with E-state index in [0.29, 0.717) is 25.7 Å². The maximum Gasteiger partial charge on any atom is 0.472 e. The lowest BCUT2D eigenvalue weighted by molar-refractivity contribution is -0.161. The number of phosphoric acid groups is 2. The number of esters is 4. The number of aliphatic hydroxyl groups excluding tert-OH is 1. The average molecular weight is 1420 g/mol. The molecule has 0 bridgehead atoms. The van der Waals surface area contributed by atoms with Gasteiger partial charge in [0.25, 0.3) is 0 Å². The van der Waals surface area contributed by atoms with Crippen LogP contribution in [0, 0.1) is 17.8 Å². The Balaban J connectivity index is 5.26. The van der Waals surface area contributed by atoms with E-state index in [0.717, 1.165) is 108 Å². The minimum absolute atomic E-state index is 0.106. The Morgan fingerprint density at radius 2 is 0.474 bits per heavy atom. The summed E-state index contributed by atoms with van der Waals surface area (Å²) in [6.07, 6.45) is 55.5. The summed E-state index contributed by atoms with van der Waals surface area (Å²) in [6, 6.07) is 0. The van der Waals surface area contributed by atoms with Gasteiger partial charge in [-0.1, -0.05) is 350 Å². The summed E-state index contributed by atoms with van der Waals surface area (Å²) in [5, 5.41) is 10.6. The predicted octanol–water partition coefficient (Wildman–Crippen LogP) is 23.0. The van der Waals surface area contributed by atoms with Crippen LogP contribution >= 0.6 is 15.6 Å². The van der Waals surface area contributed by atoms with E-state index in [4.69, 9.17) is 37.0 Å². The van der Waals surface area contributed by atoms with Gasteiger partial charge in [-0.15, -0.1) is 0 Å². The van der Waals surface area contributed by atoms with E-state index in [1.807, 2.05) is 0 Å². The maximum atomic E-state index is 13.1. The van der Waals surface area contributed by atoms with Gasteiger partial charge in [-0.05, 0) is 43.4 Å². The van der Waals surface area contributed by atoms with Gasteiger partial charge in [0.1, 0.15) is 19.3 Å². The minimum Gasteiger partial charge on any atom is -0.462 e. The number of carbonyl (C=O) groups is 4. The van der Waals surface area contributed by atoms with Crippen LogP contribution in [-0.4, -0.2) is 96.7 Å². The maximum absolute atomic E-state index is 13.1. The lowest BCUT2D eigenvalue weighted by atomic mass is 10.0. The van der Waals surface area contributed by atoms with E-state index in [9.17, 15) is 43.2 Å². The van der Waals surface area contributed by atoms with Crippen LogP contribution < -0.4 is 0 Å². The fraction of sp³-hybridized carbons (Fsp3) is 0.949. The number of unbranched alkanes of at least 4 members (excludes halogenated alkanes) is 44. The van der Waals surface area contributed by atoms with Crippen LogP contribution in [-0.2, 0) is 65.4 Å². The number of carbonyl (C=O) groups excluding carboxylic acids is 4. The van der Waals surface area contributed by atoms with Crippen molar-refractivity contribution < 1.29 is 80.2 Å². The lowest BCUT2D eigenvalue weighted by Crippen LogP contribution is -2.30. The molecule has 0 aliphatic rings. The molecule has 0 aliphatic carbocycles. The summed E-state index contributed by atoms with van der Waals surface area (Å²) in [5.41, 5.74) is 0. The van der Waals surface area contributed by atoms with Gasteiger partial charge >= 0.3 is 39.5 Å². The van der Waals surface area contributed by atoms with E-state index in [-0.39, 0.29) is 25.7 Å². The number of ether oxygens (including phenoxy) is 4. The van der Waals surface area contributed by atoms with E-state index in [1.54, 1.807) is 0 Å². The van der Waals surface area contributed by atoms with Crippen LogP contribution in [0.4, 0.5) is 0 Å². The number of hydrogen-bond donors (Lipinski definition) is 3. The smallest absolute Gasteiger partial charge is 0.462 e. The number of phosphoric ester groups is 2. The van der Waals surface area contributed by atoms with Crippen molar-refractivity contribution in [1.82, 2.24) is 0 Å². The molecule has 17 nitrogen and oxygen atoms in total. The molecule has 0 heterocycles. The van der Waals surface area contributed by atoms with Crippen LogP contribution in [0.15, 0.2) is 0 Å². The second kappa shape index (κ2) is 68.5. The van der Waals surface area contributed by atoms with Crippen molar-refractivity contribution in [1.29, 1.82) is 0 Å². The summed E-state index contributed by atoms with van der Waals surface area (Å²) in [6.45, 7) is 11.9. The highest BCUT2D eigenvalue weighted by Gasteiger charge is 2.30. The molecule has 0 aromatic heterocycles. The molecule has 3 N–H and O–H groups in total. The van der Waals surface area contributed by atoms with E-state index >= 15 is 0 Å². The molecule has 5 atom stereocenters. The van der Waals surface area contributed by atoms with Crippen molar-refractivity contribution in [3.05, 3.63) is 0 Å². The zero-order valence-electron chi connectivity index (χ0n) is 63.5. The molecule has 0 aliphatic heterocycles. The molecule has 0 radical (unpaired) electrons. The van der Waals surface area contributed by atoms with E-state index in [2.05, 4.69) is 48.5 Å². The number of hydrogen-bond acceptors (Lipinski definition) is 15. The molecule has 0 rings (SSSR count). The van der Waals surface area contributed by atoms with Crippen molar-refractivity contribution in [2.75, 3.05) is 39.6 Å². The Kier molecular flexibility index (Phi) is 67.1. The highest BCUT2D eigenvalue weighted by molar-refractivity contribution is 7.47.